The number of nitro benzene ring substituents is 1. The molecule has 1 aromatic carbocycles. The number of aliphatic hydroxyl groups is 1. The lowest BCUT2D eigenvalue weighted by Crippen LogP contribution is -1.86. The highest BCUT2D eigenvalue weighted by Crippen LogP contribution is 2.21. The zero-order chi connectivity index (χ0) is 10.4. The van der Waals surface area contributed by atoms with Crippen LogP contribution in [0, 0.1) is 10.1 Å². The molecule has 74 valence electrons. The van der Waals surface area contributed by atoms with Gasteiger partial charge in [-0.3, -0.25) is 10.1 Å². The Morgan fingerprint density at radius 1 is 1.43 bits per heavy atom. The van der Waals surface area contributed by atoms with Gasteiger partial charge in [0.05, 0.1) is 11.5 Å². The highest BCUT2D eigenvalue weighted by Gasteiger charge is 2.02. The molecule has 1 aromatic rings. The maximum Gasteiger partial charge on any atom is 0.269 e. The minimum atomic E-state index is -0.433. The summed E-state index contributed by atoms with van der Waals surface area (Å²) in [6.07, 6.45) is 1.60. The first-order valence-corrected chi connectivity index (χ1v) is 4.79. The smallest absolute Gasteiger partial charge is 0.269 e. The molecule has 0 atom stereocenters. The SMILES string of the molecule is O=[N+]([O-])c1ccc(SC=CCO)cc1. The molecule has 0 saturated heterocycles. The van der Waals surface area contributed by atoms with Gasteiger partial charge in [-0.15, -0.1) is 0 Å². The van der Waals surface area contributed by atoms with E-state index in [2.05, 4.69) is 0 Å². The molecular formula is C9H9NO3S. The number of hydrogen-bond donors (Lipinski definition) is 1. The summed E-state index contributed by atoms with van der Waals surface area (Å²) in [6, 6.07) is 6.25. The van der Waals surface area contributed by atoms with Crippen molar-refractivity contribution in [2.75, 3.05) is 6.61 Å². The molecule has 0 aromatic heterocycles. The Balaban J connectivity index is 2.64. The molecule has 0 amide bonds. The normalized spacial score (nSPS) is 10.6. The molecule has 0 unspecified atom stereocenters. The Morgan fingerprint density at radius 2 is 2.07 bits per heavy atom. The van der Waals surface area contributed by atoms with Crippen molar-refractivity contribution in [2.45, 2.75) is 4.90 Å². The van der Waals surface area contributed by atoms with E-state index in [1.807, 2.05) is 0 Å². The minimum absolute atomic E-state index is 0.0000185. The van der Waals surface area contributed by atoms with Crippen LogP contribution in [0.15, 0.2) is 40.6 Å². The summed E-state index contributed by atoms with van der Waals surface area (Å²) >= 11 is 1.40. The van der Waals surface area contributed by atoms with Crippen LogP contribution in [0.2, 0.25) is 0 Å². The fraction of sp³-hybridized carbons (Fsp3) is 0.111. The van der Waals surface area contributed by atoms with Gasteiger partial charge in [-0.1, -0.05) is 17.8 Å². The fourth-order valence-electron chi connectivity index (χ4n) is 0.816. The molecule has 0 aliphatic rings. The Kier molecular flexibility index (Phi) is 4.15. The number of rotatable bonds is 4. The summed E-state index contributed by atoms with van der Waals surface area (Å²) in [7, 11) is 0. The summed E-state index contributed by atoms with van der Waals surface area (Å²) in [5, 5.41) is 20.5. The predicted molar refractivity (Wildman–Crippen MR) is 55.2 cm³/mol. The van der Waals surface area contributed by atoms with Crippen LogP contribution >= 0.6 is 11.8 Å². The first-order chi connectivity index (χ1) is 6.74. The van der Waals surface area contributed by atoms with E-state index < -0.39 is 4.92 Å². The van der Waals surface area contributed by atoms with Crippen LogP contribution in [0.25, 0.3) is 0 Å². The zero-order valence-corrected chi connectivity index (χ0v) is 8.11. The van der Waals surface area contributed by atoms with Crippen LogP contribution in [-0.2, 0) is 0 Å². The third-order valence-corrected chi connectivity index (χ3v) is 2.33. The molecule has 0 radical (unpaired) electrons. The van der Waals surface area contributed by atoms with E-state index in [9.17, 15) is 10.1 Å². The quantitative estimate of drug-likeness (QED) is 0.471. The molecule has 0 saturated carbocycles. The molecule has 0 aliphatic heterocycles. The molecular weight excluding hydrogens is 202 g/mol. The number of non-ortho nitro benzene ring substituents is 1. The first-order valence-electron chi connectivity index (χ1n) is 3.91. The van der Waals surface area contributed by atoms with E-state index in [-0.39, 0.29) is 12.3 Å². The number of thioether (sulfide) groups is 1. The lowest BCUT2D eigenvalue weighted by molar-refractivity contribution is -0.384. The second-order valence-corrected chi connectivity index (χ2v) is 3.40. The van der Waals surface area contributed by atoms with Gasteiger partial charge in [0, 0.05) is 17.0 Å². The second kappa shape index (κ2) is 5.41. The number of nitrogens with zero attached hydrogens (tertiary/aromatic N) is 1. The van der Waals surface area contributed by atoms with Crippen molar-refractivity contribution in [1.82, 2.24) is 0 Å². The summed E-state index contributed by atoms with van der Waals surface area (Å²) in [6.45, 7) is -0.0000185. The molecule has 0 aliphatic carbocycles. The molecule has 0 fully saturated rings. The molecule has 0 heterocycles. The van der Waals surface area contributed by atoms with Crippen LogP contribution in [0.1, 0.15) is 0 Å². The Bertz CT molecular complexity index is 334. The monoisotopic (exact) mass is 211 g/mol. The average molecular weight is 211 g/mol. The van der Waals surface area contributed by atoms with Gasteiger partial charge in [-0.2, -0.15) is 0 Å². The zero-order valence-electron chi connectivity index (χ0n) is 7.29. The molecule has 0 bridgehead atoms. The molecule has 1 N–H and O–H groups in total. The van der Waals surface area contributed by atoms with Crippen molar-refractivity contribution in [3.63, 3.8) is 0 Å². The van der Waals surface area contributed by atoms with Crippen molar-refractivity contribution in [1.29, 1.82) is 0 Å². The van der Waals surface area contributed by atoms with Gasteiger partial charge in [0.15, 0.2) is 0 Å². The van der Waals surface area contributed by atoms with Gasteiger partial charge in [-0.05, 0) is 17.5 Å². The maximum atomic E-state index is 10.3. The fourth-order valence-corrected chi connectivity index (χ4v) is 1.45. The Morgan fingerprint density at radius 3 is 2.57 bits per heavy atom. The molecule has 5 heteroatoms. The number of hydrogen-bond acceptors (Lipinski definition) is 4. The van der Waals surface area contributed by atoms with Crippen molar-refractivity contribution in [2.24, 2.45) is 0 Å². The number of nitro groups is 1. The van der Waals surface area contributed by atoms with Gasteiger partial charge < -0.3 is 5.11 Å². The molecule has 0 spiro atoms. The molecule has 1 rings (SSSR count). The summed E-state index contributed by atoms with van der Waals surface area (Å²) in [4.78, 5) is 10.8. The third-order valence-electron chi connectivity index (χ3n) is 1.45. The summed E-state index contributed by atoms with van der Waals surface area (Å²) in [5.41, 5.74) is 0.0838. The van der Waals surface area contributed by atoms with Gasteiger partial charge in [0.2, 0.25) is 0 Å². The second-order valence-electron chi connectivity index (χ2n) is 2.42. The van der Waals surface area contributed by atoms with E-state index in [0.717, 1.165) is 4.90 Å². The topological polar surface area (TPSA) is 63.4 Å². The maximum absolute atomic E-state index is 10.3. The largest absolute Gasteiger partial charge is 0.392 e. The van der Waals surface area contributed by atoms with Crippen LogP contribution in [0.4, 0.5) is 5.69 Å². The Labute approximate surface area is 85.4 Å². The molecule has 4 nitrogen and oxygen atoms in total. The van der Waals surface area contributed by atoms with Gasteiger partial charge in [0.25, 0.3) is 5.69 Å². The van der Waals surface area contributed by atoms with Crippen molar-refractivity contribution in [3.8, 4) is 0 Å². The van der Waals surface area contributed by atoms with E-state index in [0.29, 0.717) is 0 Å². The Hall–Kier alpha value is -1.33. The predicted octanol–water partition coefficient (Wildman–Crippen LogP) is 2.19. The van der Waals surface area contributed by atoms with E-state index >= 15 is 0 Å². The van der Waals surface area contributed by atoms with Gasteiger partial charge in [0.1, 0.15) is 0 Å². The van der Waals surface area contributed by atoms with E-state index in [1.165, 1.54) is 23.9 Å². The van der Waals surface area contributed by atoms with Gasteiger partial charge in [-0.25, -0.2) is 0 Å². The van der Waals surface area contributed by atoms with Gasteiger partial charge >= 0.3 is 0 Å². The van der Waals surface area contributed by atoms with E-state index in [4.69, 9.17) is 5.11 Å². The molecule has 14 heavy (non-hydrogen) atoms. The van der Waals surface area contributed by atoms with Crippen molar-refractivity contribution >= 4 is 17.4 Å². The third kappa shape index (κ3) is 3.20. The van der Waals surface area contributed by atoms with E-state index in [1.54, 1.807) is 23.6 Å². The lowest BCUT2D eigenvalue weighted by Gasteiger charge is -1.94. The standard InChI is InChI=1S/C9H9NO3S/c11-6-1-7-14-9-4-2-8(3-5-9)10(12)13/h1-5,7,11H,6H2. The summed E-state index contributed by atoms with van der Waals surface area (Å²) < 4.78 is 0. The minimum Gasteiger partial charge on any atom is -0.392 e. The number of benzene rings is 1. The highest BCUT2D eigenvalue weighted by molar-refractivity contribution is 8.02. The lowest BCUT2D eigenvalue weighted by atomic mass is 10.3. The van der Waals surface area contributed by atoms with Crippen LogP contribution in [0.3, 0.4) is 0 Å². The first kappa shape index (κ1) is 10.7. The highest BCUT2D eigenvalue weighted by atomic mass is 32.2. The van der Waals surface area contributed by atoms with Crippen LogP contribution in [0.5, 0.6) is 0 Å². The van der Waals surface area contributed by atoms with Crippen molar-refractivity contribution < 1.29 is 10.0 Å². The van der Waals surface area contributed by atoms with Crippen LogP contribution < -0.4 is 0 Å². The van der Waals surface area contributed by atoms with Crippen molar-refractivity contribution in [3.05, 3.63) is 45.9 Å². The average Bonchev–Trinajstić information content (AvgIpc) is 2.19. The summed E-state index contributed by atoms with van der Waals surface area (Å²) in [5.74, 6) is 0. The van der Waals surface area contributed by atoms with Crippen LogP contribution in [-0.4, -0.2) is 16.6 Å². The number of aliphatic hydroxyl groups excluding tert-OH is 1.